The molecule has 1 atom stereocenters. The molecule has 0 aromatic rings. The van der Waals surface area contributed by atoms with Gasteiger partial charge in [-0.05, 0) is 31.3 Å². The van der Waals surface area contributed by atoms with Crippen LogP contribution in [0, 0.1) is 5.92 Å². The summed E-state index contributed by atoms with van der Waals surface area (Å²) in [6.07, 6.45) is 3.74. The van der Waals surface area contributed by atoms with Crippen LogP contribution in [0.1, 0.15) is 19.3 Å². The molecule has 0 saturated carbocycles. The summed E-state index contributed by atoms with van der Waals surface area (Å²) < 4.78 is 5.17. The van der Waals surface area contributed by atoms with Crippen molar-refractivity contribution in [3.63, 3.8) is 0 Å². The quantitative estimate of drug-likeness (QED) is 0.737. The van der Waals surface area contributed by atoms with Gasteiger partial charge in [-0.15, -0.1) is 0 Å². The van der Waals surface area contributed by atoms with E-state index in [1.165, 1.54) is 0 Å². The van der Waals surface area contributed by atoms with Gasteiger partial charge in [-0.25, -0.2) is 4.79 Å². The Bertz CT molecular complexity index is 266. The van der Waals surface area contributed by atoms with Crippen LogP contribution in [-0.4, -0.2) is 48.2 Å². The molecule has 1 rings (SSSR count). The highest BCUT2D eigenvalue weighted by Gasteiger charge is 2.26. The summed E-state index contributed by atoms with van der Waals surface area (Å²) in [5.74, 6) is -0.480. The Kier molecular flexibility index (Phi) is 6.36. The molecule has 0 aromatic heterocycles. The van der Waals surface area contributed by atoms with E-state index < -0.39 is 12.0 Å². The maximum absolute atomic E-state index is 11.8. The Morgan fingerprint density at radius 1 is 1.47 bits per heavy atom. The van der Waals surface area contributed by atoms with Gasteiger partial charge in [0.15, 0.2) is 0 Å². The van der Waals surface area contributed by atoms with Crippen molar-refractivity contribution in [2.75, 3.05) is 25.2 Å². The largest absolute Gasteiger partial charge is 0.480 e. The summed E-state index contributed by atoms with van der Waals surface area (Å²) in [5.41, 5.74) is 0. The summed E-state index contributed by atoms with van der Waals surface area (Å²) in [4.78, 5) is 22.8. The molecule has 1 saturated heterocycles. The number of nitrogens with one attached hydrogen (secondary N) is 1. The minimum absolute atomic E-state index is 0.0973. The number of aliphatic carboxylic acids is 1. The van der Waals surface area contributed by atoms with E-state index in [1.807, 2.05) is 6.26 Å². The molecule has 0 aliphatic carbocycles. The van der Waals surface area contributed by atoms with E-state index in [-0.39, 0.29) is 11.8 Å². The van der Waals surface area contributed by atoms with Gasteiger partial charge in [0.05, 0.1) is 0 Å². The topological polar surface area (TPSA) is 75.6 Å². The summed E-state index contributed by atoms with van der Waals surface area (Å²) in [7, 11) is 0. The Labute approximate surface area is 105 Å². The molecule has 0 spiro atoms. The maximum Gasteiger partial charge on any atom is 0.326 e. The summed E-state index contributed by atoms with van der Waals surface area (Å²) in [6, 6.07) is -0.766. The second kappa shape index (κ2) is 7.55. The van der Waals surface area contributed by atoms with Gasteiger partial charge in [0.1, 0.15) is 6.04 Å². The van der Waals surface area contributed by atoms with Gasteiger partial charge in [-0.3, -0.25) is 4.79 Å². The minimum Gasteiger partial charge on any atom is -0.480 e. The van der Waals surface area contributed by atoms with Gasteiger partial charge in [-0.2, -0.15) is 11.8 Å². The number of carboxylic acids is 1. The zero-order valence-corrected chi connectivity index (χ0v) is 10.8. The molecule has 5 nitrogen and oxygen atoms in total. The third-order valence-corrected chi connectivity index (χ3v) is 3.46. The number of carbonyl (C=O) groups is 2. The van der Waals surface area contributed by atoms with Crippen LogP contribution in [0.25, 0.3) is 0 Å². The predicted octanol–water partition coefficient (Wildman–Crippen LogP) is 0.735. The van der Waals surface area contributed by atoms with Crippen LogP contribution < -0.4 is 5.32 Å². The fourth-order valence-electron chi connectivity index (χ4n) is 1.74. The van der Waals surface area contributed by atoms with Crippen molar-refractivity contribution in [1.29, 1.82) is 0 Å². The lowest BCUT2D eigenvalue weighted by molar-refractivity contribution is -0.143. The number of carbonyl (C=O) groups excluding carboxylic acids is 1. The average Bonchev–Trinajstić information content (AvgIpc) is 2.35. The van der Waals surface area contributed by atoms with Gasteiger partial charge in [-0.1, -0.05) is 0 Å². The van der Waals surface area contributed by atoms with Crippen LogP contribution in [0.2, 0.25) is 0 Å². The number of carboxylic acid groups (broad SMARTS) is 1. The summed E-state index contributed by atoms with van der Waals surface area (Å²) in [6.45, 7) is 1.17. The molecular formula is C11H19NO4S. The van der Waals surface area contributed by atoms with Crippen LogP contribution in [0.4, 0.5) is 0 Å². The van der Waals surface area contributed by atoms with Crippen molar-refractivity contribution in [3.8, 4) is 0 Å². The minimum atomic E-state index is -0.959. The van der Waals surface area contributed by atoms with Gasteiger partial charge >= 0.3 is 5.97 Å². The zero-order chi connectivity index (χ0) is 12.7. The standard InChI is InChI=1S/C11H19NO4S/c1-17-7-4-9(11(14)15)12-10(13)8-2-5-16-6-3-8/h8-9H,2-7H2,1H3,(H,12,13)(H,14,15). The highest BCUT2D eigenvalue weighted by atomic mass is 32.2. The van der Waals surface area contributed by atoms with Crippen molar-refractivity contribution in [2.45, 2.75) is 25.3 Å². The normalized spacial score (nSPS) is 18.6. The van der Waals surface area contributed by atoms with Crippen molar-refractivity contribution in [3.05, 3.63) is 0 Å². The molecule has 1 heterocycles. The number of amides is 1. The van der Waals surface area contributed by atoms with E-state index in [2.05, 4.69) is 5.32 Å². The molecule has 1 aliphatic rings. The fraction of sp³-hybridized carbons (Fsp3) is 0.818. The van der Waals surface area contributed by atoms with Crippen LogP contribution in [0.5, 0.6) is 0 Å². The Morgan fingerprint density at radius 3 is 2.65 bits per heavy atom. The van der Waals surface area contributed by atoms with Gasteiger partial charge < -0.3 is 15.2 Å². The first-order valence-corrected chi connectivity index (χ1v) is 7.14. The van der Waals surface area contributed by atoms with Crippen molar-refractivity contribution >= 4 is 23.6 Å². The van der Waals surface area contributed by atoms with Crippen LogP contribution in [0.3, 0.4) is 0 Å². The van der Waals surface area contributed by atoms with Crippen molar-refractivity contribution in [1.82, 2.24) is 5.32 Å². The van der Waals surface area contributed by atoms with Crippen LogP contribution in [-0.2, 0) is 14.3 Å². The molecule has 2 N–H and O–H groups in total. The lowest BCUT2D eigenvalue weighted by Crippen LogP contribution is -2.45. The number of hydrogen-bond acceptors (Lipinski definition) is 4. The van der Waals surface area contributed by atoms with E-state index >= 15 is 0 Å². The first kappa shape index (κ1) is 14.3. The molecule has 0 bridgehead atoms. The second-order valence-electron chi connectivity index (χ2n) is 4.07. The Morgan fingerprint density at radius 2 is 2.12 bits per heavy atom. The zero-order valence-electron chi connectivity index (χ0n) is 9.98. The molecule has 1 amide bonds. The van der Waals surface area contributed by atoms with Gasteiger partial charge in [0, 0.05) is 19.1 Å². The first-order valence-electron chi connectivity index (χ1n) is 5.75. The van der Waals surface area contributed by atoms with Crippen LogP contribution >= 0.6 is 11.8 Å². The van der Waals surface area contributed by atoms with Gasteiger partial charge in [0.2, 0.25) is 5.91 Å². The molecule has 0 aromatic carbocycles. The Balaban J connectivity index is 2.42. The van der Waals surface area contributed by atoms with E-state index in [0.717, 1.165) is 5.75 Å². The molecule has 1 aliphatic heterocycles. The van der Waals surface area contributed by atoms with Crippen molar-refractivity contribution in [2.24, 2.45) is 5.92 Å². The summed E-state index contributed by atoms with van der Waals surface area (Å²) >= 11 is 1.58. The Hall–Kier alpha value is -0.750. The SMILES string of the molecule is CSCCC(NC(=O)C1CCOCC1)C(=O)O. The molecule has 1 unspecified atom stereocenters. The maximum atomic E-state index is 11.8. The molecule has 98 valence electrons. The van der Waals surface area contributed by atoms with E-state index in [0.29, 0.717) is 32.5 Å². The monoisotopic (exact) mass is 261 g/mol. The highest BCUT2D eigenvalue weighted by molar-refractivity contribution is 7.98. The third-order valence-electron chi connectivity index (χ3n) is 2.82. The van der Waals surface area contributed by atoms with Crippen molar-refractivity contribution < 1.29 is 19.4 Å². The molecule has 17 heavy (non-hydrogen) atoms. The predicted molar refractivity (Wildman–Crippen MR) is 66.1 cm³/mol. The van der Waals surface area contributed by atoms with E-state index in [9.17, 15) is 9.59 Å². The number of rotatable bonds is 6. The molecule has 0 radical (unpaired) electrons. The van der Waals surface area contributed by atoms with Crippen LogP contribution in [0.15, 0.2) is 0 Å². The number of ether oxygens (including phenoxy) is 1. The third kappa shape index (κ3) is 4.95. The fourth-order valence-corrected chi connectivity index (χ4v) is 2.21. The summed E-state index contributed by atoms with van der Waals surface area (Å²) in [5, 5.41) is 11.6. The molecular weight excluding hydrogens is 242 g/mol. The lowest BCUT2D eigenvalue weighted by atomic mass is 9.99. The average molecular weight is 261 g/mol. The smallest absolute Gasteiger partial charge is 0.326 e. The number of thioether (sulfide) groups is 1. The second-order valence-corrected chi connectivity index (χ2v) is 5.05. The highest BCUT2D eigenvalue weighted by Crippen LogP contribution is 2.15. The molecule has 6 heteroatoms. The lowest BCUT2D eigenvalue weighted by Gasteiger charge is -2.23. The number of hydrogen-bond donors (Lipinski definition) is 2. The van der Waals surface area contributed by atoms with Gasteiger partial charge in [0.25, 0.3) is 0 Å². The van der Waals surface area contributed by atoms with E-state index in [1.54, 1.807) is 11.8 Å². The molecule has 1 fully saturated rings. The first-order chi connectivity index (χ1) is 8.15. The van der Waals surface area contributed by atoms with E-state index in [4.69, 9.17) is 9.84 Å².